The first-order valence-corrected chi connectivity index (χ1v) is 5.44. The normalized spacial score (nSPS) is 10.7. The van der Waals surface area contributed by atoms with E-state index < -0.39 is 5.63 Å². The van der Waals surface area contributed by atoms with Crippen LogP contribution in [0.15, 0.2) is 39.7 Å². The molecule has 0 amide bonds. The minimum atomic E-state index is -0.602. The van der Waals surface area contributed by atoms with Crippen molar-refractivity contribution in [1.29, 1.82) is 5.26 Å². The lowest BCUT2D eigenvalue weighted by Gasteiger charge is -2.06. The van der Waals surface area contributed by atoms with Crippen molar-refractivity contribution >= 4 is 17.0 Å². The maximum absolute atomic E-state index is 11.7. The highest BCUT2D eigenvalue weighted by Crippen LogP contribution is 2.20. The van der Waals surface area contributed by atoms with Crippen LogP contribution in [0.5, 0.6) is 0 Å². The summed E-state index contributed by atoms with van der Waals surface area (Å²) in [5, 5.41) is 9.82. The van der Waals surface area contributed by atoms with Gasteiger partial charge in [0.05, 0.1) is 0 Å². The van der Waals surface area contributed by atoms with Crippen LogP contribution in [-0.2, 0) is 0 Å². The molecule has 0 spiro atoms. The highest BCUT2D eigenvalue weighted by Gasteiger charge is 2.11. The molecule has 0 bridgehead atoms. The zero-order valence-electron chi connectivity index (χ0n) is 10.2. The molecule has 0 radical (unpaired) electrons. The average molecular weight is 240 g/mol. The second kappa shape index (κ2) is 4.76. The summed E-state index contributed by atoms with van der Waals surface area (Å²) in [5.41, 5.74) is 0.513. The molecule has 1 aromatic heterocycles. The Hall–Kier alpha value is -2.54. The molecule has 2 aromatic rings. The molecule has 0 fully saturated rings. The van der Waals surface area contributed by atoms with Gasteiger partial charge in [0.1, 0.15) is 17.2 Å². The van der Waals surface area contributed by atoms with Crippen LogP contribution >= 0.6 is 0 Å². The second-order valence-electron chi connectivity index (χ2n) is 4.07. The molecule has 90 valence electrons. The van der Waals surface area contributed by atoms with E-state index in [-0.39, 0.29) is 5.56 Å². The number of hydrogen-bond donors (Lipinski definition) is 0. The van der Waals surface area contributed by atoms with Crippen molar-refractivity contribution in [2.24, 2.45) is 0 Å². The van der Waals surface area contributed by atoms with Crippen LogP contribution in [0.25, 0.3) is 17.0 Å². The van der Waals surface area contributed by atoms with Crippen LogP contribution in [0.3, 0.4) is 0 Å². The fraction of sp³-hybridized carbons (Fsp3) is 0.143. The number of para-hydroxylation sites is 1. The molecule has 0 atom stereocenters. The van der Waals surface area contributed by atoms with Crippen LogP contribution < -0.4 is 5.63 Å². The summed E-state index contributed by atoms with van der Waals surface area (Å²) in [6, 6.07) is 9.08. The van der Waals surface area contributed by atoms with E-state index in [0.29, 0.717) is 11.1 Å². The topological polar surface area (TPSA) is 57.2 Å². The molecule has 0 aliphatic rings. The van der Waals surface area contributed by atoms with Gasteiger partial charge in [-0.2, -0.15) is 5.26 Å². The van der Waals surface area contributed by atoms with E-state index in [9.17, 15) is 4.79 Å². The Kier molecular flexibility index (Phi) is 3.16. The Morgan fingerprint density at radius 2 is 2.06 bits per heavy atom. The SMILES string of the molecule is CN(C)/C=C\c1c(C#N)c(=O)oc2ccccc12. The van der Waals surface area contributed by atoms with Crippen molar-refractivity contribution in [3.63, 3.8) is 0 Å². The predicted molar refractivity (Wildman–Crippen MR) is 69.9 cm³/mol. The molecule has 0 saturated heterocycles. The van der Waals surface area contributed by atoms with Gasteiger partial charge in [-0.15, -0.1) is 0 Å². The largest absolute Gasteiger partial charge is 0.422 e. The Labute approximate surface area is 104 Å². The highest BCUT2D eigenvalue weighted by atomic mass is 16.4. The average Bonchev–Trinajstić information content (AvgIpc) is 2.35. The lowest BCUT2D eigenvalue weighted by atomic mass is 10.1. The molecule has 4 nitrogen and oxygen atoms in total. The maximum atomic E-state index is 11.7. The van der Waals surface area contributed by atoms with Crippen LogP contribution in [0.2, 0.25) is 0 Å². The zero-order chi connectivity index (χ0) is 13.1. The van der Waals surface area contributed by atoms with E-state index in [1.165, 1.54) is 0 Å². The number of benzene rings is 1. The van der Waals surface area contributed by atoms with Gasteiger partial charge in [0, 0.05) is 25.0 Å². The van der Waals surface area contributed by atoms with Gasteiger partial charge in [-0.05, 0) is 18.3 Å². The lowest BCUT2D eigenvalue weighted by molar-refractivity contribution is 0.557. The summed E-state index contributed by atoms with van der Waals surface area (Å²) in [6.45, 7) is 0. The van der Waals surface area contributed by atoms with Gasteiger partial charge in [0.15, 0.2) is 0 Å². The summed E-state index contributed by atoms with van der Waals surface area (Å²) in [4.78, 5) is 13.5. The number of nitrogens with zero attached hydrogens (tertiary/aromatic N) is 2. The van der Waals surface area contributed by atoms with Gasteiger partial charge in [0.25, 0.3) is 0 Å². The predicted octanol–water partition coefficient (Wildman–Crippen LogP) is 2.20. The molecule has 4 heteroatoms. The summed E-state index contributed by atoms with van der Waals surface area (Å²) in [6.07, 6.45) is 3.54. The molecular weight excluding hydrogens is 228 g/mol. The zero-order valence-corrected chi connectivity index (χ0v) is 10.2. The number of rotatable bonds is 2. The van der Waals surface area contributed by atoms with E-state index in [1.54, 1.807) is 24.4 Å². The van der Waals surface area contributed by atoms with Crippen molar-refractivity contribution in [1.82, 2.24) is 4.90 Å². The number of hydrogen-bond acceptors (Lipinski definition) is 4. The molecule has 0 aliphatic carbocycles. The number of fused-ring (bicyclic) bond motifs is 1. The third-order valence-corrected chi connectivity index (χ3v) is 2.50. The summed E-state index contributed by atoms with van der Waals surface area (Å²) in [5.74, 6) is 0. The first-order chi connectivity index (χ1) is 8.63. The van der Waals surface area contributed by atoms with Crippen LogP contribution in [0.4, 0.5) is 0 Å². The minimum absolute atomic E-state index is 0.0341. The van der Waals surface area contributed by atoms with E-state index in [2.05, 4.69) is 0 Å². The molecule has 18 heavy (non-hydrogen) atoms. The summed E-state index contributed by atoms with van der Waals surface area (Å²) < 4.78 is 5.11. The second-order valence-corrected chi connectivity index (χ2v) is 4.07. The molecule has 0 saturated carbocycles. The molecule has 0 aliphatic heterocycles. The fourth-order valence-electron chi connectivity index (χ4n) is 1.68. The molecule has 2 rings (SSSR count). The van der Waals surface area contributed by atoms with Crippen molar-refractivity contribution in [3.8, 4) is 6.07 Å². The van der Waals surface area contributed by atoms with Gasteiger partial charge in [-0.25, -0.2) is 4.79 Å². The first kappa shape index (κ1) is 11.9. The van der Waals surface area contributed by atoms with E-state index >= 15 is 0 Å². The van der Waals surface area contributed by atoms with Crippen molar-refractivity contribution in [2.75, 3.05) is 14.1 Å². The smallest absolute Gasteiger partial charge is 0.354 e. The van der Waals surface area contributed by atoms with Crippen LogP contribution in [0, 0.1) is 11.3 Å². The quantitative estimate of drug-likeness (QED) is 0.755. The van der Waals surface area contributed by atoms with Crippen LogP contribution in [0.1, 0.15) is 11.1 Å². The van der Waals surface area contributed by atoms with Gasteiger partial charge in [-0.1, -0.05) is 18.2 Å². The van der Waals surface area contributed by atoms with Gasteiger partial charge >= 0.3 is 5.63 Å². The van der Waals surface area contributed by atoms with Gasteiger partial charge in [-0.3, -0.25) is 0 Å². The Morgan fingerprint density at radius 1 is 1.33 bits per heavy atom. The Balaban J connectivity index is 2.82. The molecule has 0 unspecified atom stereocenters. The third kappa shape index (κ3) is 2.11. The first-order valence-electron chi connectivity index (χ1n) is 5.44. The molecule has 1 aromatic carbocycles. The summed E-state index contributed by atoms with van der Waals surface area (Å²) in [7, 11) is 3.74. The molecular formula is C14H12N2O2. The monoisotopic (exact) mass is 240 g/mol. The number of nitriles is 1. The standard InChI is InChI=1S/C14H12N2O2/c1-16(2)8-7-10-11-5-3-4-6-13(11)18-14(17)12(10)9-15/h3-8H,1-2H3/b8-7-. The van der Waals surface area contributed by atoms with E-state index in [4.69, 9.17) is 9.68 Å². The Morgan fingerprint density at radius 3 is 2.72 bits per heavy atom. The minimum Gasteiger partial charge on any atom is -0.422 e. The fourth-order valence-corrected chi connectivity index (χ4v) is 1.68. The Bertz CT molecular complexity index is 706. The van der Waals surface area contributed by atoms with E-state index in [1.807, 2.05) is 37.2 Å². The molecule has 1 heterocycles. The lowest BCUT2D eigenvalue weighted by Crippen LogP contribution is -2.07. The van der Waals surface area contributed by atoms with Crippen molar-refractivity contribution in [2.45, 2.75) is 0 Å². The maximum Gasteiger partial charge on any atom is 0.354 e. The van der Waals surface area contributed by atoms with Gasteiger partial charge in [0.2, 0.25) is 0 Å². The van der Waals surface area contributed by atoms with E-state index in [0.717, 1.165) is 5.39 Å². The summed E-state index contributed by atoms with van der Waals surface area (Å²) >= 11 is 0. The highest BCUT2D eigenvalue weighted by molar-refractivity contribution is 5.88. The molecule has 0 N–H and O–H groups in total. The van der Waals surface area contributed by atoms with Crippen molar-refractivity contribution < 1.29 is 4.42 Å². The van der Waals surface area contributed by atoms with Crippen molar-refractivity contribution in [3.05, 3.63) is 52.0 Å². The third-order valence-electron chi connectivity index (χ3n) is 2.50. The van der Waals surface area contributed by atoms with Crippen LogP contribution in [-0.4, -0.2) is 19.0 Å². The van der Waals surface area contributed by atoms with Gasteiger partial charge < -0.3 is 9.32 Å².